The molecule has 2 aromatic rings. The number of aromatic nitrogens is 1. The molecule has 6 heteroatoms. The first kappa shape index (κ1) is 17.0. The Kier molecular flexibility index (Phi) is 4.44. The van der Waals surface area contributed by atoms with Crippen LogP contribution in [0.15, 0.2) is 36.4 Å². The van der Waals surface area contributed by atoms with Crippen molar-refractivity contribution in [3.63, 3.8) is 0 Å². The van der Waals surface area contributed by atoms with E-state index < -0.39 is 6.03 Å². The lowest BCUT2D eigenvalue weighted by atomic mass is 10.1. The SMILES string of the molecule is CCn1c(C)cc(C(=O)CN2C(=O)CN(c3ccccc3)C2=O)c1C. The molecule has 1 fully saturated rings. The van der Waals surface area contributed by atoms with Gasteiger partial charge in [0.15, 0.2) is 5.78 Å². The van der Waals surface area contributed by atoms with Gasteiger partial charge in [-0.05, 0) is 39.0 Å². The first-order valence-corrected chi connectivity index (χ1v) is 8.30. The van der Waals surface area contributed by atoms with Gasteiger partial charge in [-0.15, -0.1) is 0 Å². The molecule has 25 heavy (non-hydrogen) atoms. The van der Waals surface area contributed by atoms with E-state index in [1.54, 1.807) is 24.3 Å². The van der Waals surface area contributed by atoms with Gasteiger partial charge in [0.25, 0.3) is 5.91 Å². The fourth-order valence-electron chi connectivity index (χ4n) is 3.30. The van der Waals surface area contributed by atoms with Gasteiger partial charge >= 0.3 is 6.03 Å². The Morgan fingerprint density at radius 3 is 2.40 bits per heavy atom. The highest BCUT2D eigenvalue weighted by atomic mass is 16.2. The number of carbonyl (C=O) groups is 3. The Balaban J connectivity index is 1.80. The van der Waals surface area contributed by atoms with Crippen molar-refractivity contribution in [3.05, 3.63) is 53.3 Å². The maximum atomic E-state index is 12.7. The summed E-state index contributed by atoms with van der Waals surface area (Å²) in [5, 5.41) is 0. The summed E-state index contributed by atoms with van der Waals surface area (Å²) in [6, 6.07) is 10.4. The molecule has 0 unspecified atom stereocenters. The number of hydrogen-bond donors (Lipinski definition) is 0. The second-order valence-corrected chi connectivity index (χ2v) is 6.14. The van der Waals surface area contributed by atoms with Crippen molar-refractivity contribution in [3.8, 4) is 0 Å². The number of Topliss-reactive ketones (excluding diaryl/α,β-unsaturated/α-hetero) is 1. The van der Waals surface area contributed by atoms with Crippen LogP contribution in [0.2, 0.25) is 0 Å². The van der Waals surface area contributed by atoms with Gasteiger partial charge < -0.3 is 4.57 Å². The number of hydrogen-bond acceptors (Lipinski definition) is 3. The lowest BCUT2D eigenvalue weighted by Gasteiger charge is -2.16. The minimum absolute atomic E-state index is 0.0376. The average Bonchev–Trinajstić information content (AvgIpc) is 3.05. The number of aryl methyl sites for hydroxylation is 1. The summed E-state index contributed by atoms with van der Waals surface area (Å²) >= 11 is 0. The highest BCUT2D eigenvalue weighted by Gasteiger charge is 2.38. The largest absolute Gasteiger partial charge is 0.349 e. The molecule has 3 rings (SSSR count). The topological polar surface area (TPSA) is 62.6 Å². The fourth-order valence-corrected chi connectivity index (χ4v) is 3.30. The molecule has 3 amide bonds. The summed E-state index contributed by atoms with van der Waals surface area (Å²) in [5.41, 5.74) is 3.08. The number of carbonyl (C=O) groups excluding carboxylic acids is 3. The maximum absolute atomic E-state index is 12.7. The number of ketones is 1. The third-order valence-corrected chi connectivity index (χ3v) is 4.62. The molecular weight excluding hydrogens is 318 g/mol. The maximum Gasteiger partial charge on any atom is 0.332 e. The van der Waals surface area contributed by atoms with Crippen LogP contribution in [0.4, 0.5) is 10.5 Å². The van der Waals surface area contributed by atoms with Gasteiger partial charge in [0.05, 0.1) is 6.54 Å². The van der Waals surface area contributed by atoms with Crippen LogP contribution in [0.5, 0.6) is 0 Å². The van der Waals surface area contributed by atoms with Crippen LogP contribution in [0.25, 0.3) is 0 Å². The number of anilines is 1. The predicted molar refractivity (Wildman–Crippen MR) is 94.8 cm³/mol. The lowest BCUT2D eigenvalue weighted by molar-refractivity contribution is -0.124. The van der Waals surface area contributed by atoms with Gasteiger partial charge in [0.1, 0.15) is 6.54 Å². The summed E-state index contributed by atoms with van der Waals surface area (Å²) in [7, 11) is 0. The van der Waals surface area contributed by atoms with Crippen LogP contribution >= 0.6 is 0 Å². The van der Waals surface area contributed by atoms with Crippen LogP contribution in [0, 0.1) is 13.8 Å². The Morgan fingerprint density at radius 1 is 1.12 bits per heavy atom. The van der Waals surface area contributed by atoms with E-state index in [4.69, 9.17) is 0 Å². The molecule has 2 heterocycles. The molecule has 1 aromatic heterocycles. The van der Waals surface area contributed by atoms with Crippen LogP contribution in [-0.2, 0) is 11.3 Å². The van der Waals surface area contributed by atoms with Crippen molar-refractivity contribution in [2.45, 2.75) is 27.3 Å². The Bertz CT molecular complexity index is 839. The summed E-state index contributed by atoms with van der Waals surface area (Å²) < 4.78 is 2.04. The predicted octanol–water partition coefficient (Wildman–Crippen LogP) is 2.78. The Hall–Kier alpha value is -2.89. The quantitative estimate of drug-likeness (QED) is 0.621. The number of benzene rings is 1. The molecule has 0 atom stereocenters. The number of imide groups is 1. The summed E-state index contributed by atoms with van der Waals surface area (Å²) in [4.78, 5) is 39.9. The second kappa shape index (κ2) is 6.55. The fraction of sp³-hybridized carbons (Fsp3) is 0.316. The van der Waals surface area contributed by atoms with Crippen molar-refractivity contribution >= 4 is 23.4 Å². The minimum Gasteiger partial charge on any atom is -0.349 e. The van der Waals surface area contributed by atoms with E-state index >= 15 is 0 Å². The molecule has 1 aromatic carbocycles. The third-order valence-electron chi connectivity index (χ3n) is 4.62. The van der Waals surface area contributed by atoms with E-state index in [0.717, 1.165) is 22.8 Å². The zero-order valence-electron chi connectivity index (χ0n) is 14.7. The molecule has 6 nitrogen and oxygen atoms in total. The average molecular weight is 339 g/mol. The first-order valence-electron chi connectivity index (χ1n) is 8.30. The molecule has 0 aliphatic carbocycles. The van der Waals surface area contributed by atoms with E-state index in [-0.39, 0.29) is 24.8 Å². The van der Waals surface area contributed by atoms with Crippen molar-refractivity contribution in [2.75, 3.05) is 18.0 Å². The van der Waals surface area contributed by atoms with Gasteiger partial charge in [0, 0.05) is 29.2 Å². The number of rotatable bonds is 5. The van der Waals surface area contributed by atoms with Gasteiger partial charge in [-0.1, -0.05) is 18.2 Å². The van der Waals surface area contributed by atoms with Gasteiger partial charge in [-0.2, -0.15) is 0 Å². The van der Waals surface area contributed by atoms with E-state index in [1.807, 2.05) is 37.5 Å². The van der Waals surface area contributed by atoms with Gasteiger partial charge in [-0.3, -0.25) is 19.4 Å². The third kappa shape index (κ3) is 2.95. The number of amides is 3. The van der Waals surface area contributed by atoms with Crippen LogP contribution in [0.1, 0.15) is 28.7 Å². The molecule has 0 spiro atoms. The van der Waals surface area contributed by atoms with Crippen molar-refractivity contribution < 1.29 is 14.4 Å². The molecule has 1 aliphatic rings. The van der Waals surface area contributed by atoms with Crippen molar-refractivity contribution in [1.82, 2.24) is 9.47 Å². The van der Waals surface area contributed by atoms with Gasteiger partial charge in [-0.25, -0.2) is 4.79 Å². The second-order valence-electron chi connectivity index (χ2n) is 6.14. The highest BCUT2D eigenvalue weighted by molar-refractivity contribution is 6.15. The zero-order chi connectivity index (χ0) is 18.1. The molecule has 0 bridgehead atoms. The molecule has 130 valence electrons. The van der Waals surface area contributed by atoms with Crippen molar-refractivity contribution in [1.29, 1.82) is 0 Å². The summed E-state index contributed by atoms with van der Waals surface area (Å²) in [6.45, 7) is 6.34. The van der Waals surface area contributed by atoms with Crippen LogP contribution in [-0.4, -0.2) is 40.3 Å². The minimum atomic E-state index is -0.450. The standard InChI is InChI=1S/C19H21N3O3/c1-4-20-13(2)10-16(14(20)3)17(23)11-22-18(24)12-21(19(22)25)15-8-6-5-7-9-15/h5-10H,4,11-12H2,1-3H3. The number of nitrogens with zero attached hydrogens (tertiary/aromatic N) is 3. The molecular formula is C19H21N3O3. The Labute approximate surface area is 146 Å². The van der Waals surface area contributed by atoms with Crippen molar-refractivity contribution in [2.24, 2.45) is 0 Å². The van der Waals surface area contributed by atoms with E-state index in [0.29, 0.717) is 11.3 Å². The molecule has 1 saturated heterocycles. The Morgan fingerprint density at radius 2 is 1.80 bits per heavy atom. The first-order chi connectivity index (χ1) is 11.9. The molecule has 0 N–H and O–H groups in total. The number of urea groups is 1. The number of para-hydroxylation sites is 1. The molecule has 0 saturated carbocycles. The molecule has 1 aliphatic heterocycles. The highest BCUT2D eigenvalue weighted by Crippen LogP contribution is 2.22. The normalized spacial score (nSPS) is 14.5. The van der Waals surface area contributed by atoms with E-state index in [2.05, 4.69) is 0 Å². The monoisotopic (exact) mass is 339 g/mol. The van der Waals surface area contributed by atoms with Gasteiger partial charge in [0.2, 0.25) is 0 Å². The van der Waals surface area contributed by atoms with E-state index in [1.165, 1.54) is 4.90 Å². The zero-order valence-corrected chi connectivity index (χ0v) is 14.7. The van der Waals surface area contributed by atoms with Crippen LogP contribution < -0.4 is 4.90 Å². The lowest BCUT2D eigenvalue weighted by Crippen LogP contribution is -2.37. The summed E-state index contributed by atoms with van der Waals surface area (Å²) in [6.07, 6.45) is 0. The summed E-state index contributed by atoms with van der Waals surface area (Å²) in [5.74, 6) is -0.573. The molecule has 0 radical (unpaired) electrons. The smallest absolute Gasteiger partial charge is 0.332 e. The van der Waals surface area contributed by atoms with E-state index in [9.17, 15) is 14.4 Å². The van der Waals surface area contributed by atoms with Crippen LogP contribution in [0.3, 0.4) is 0 Å².